The maximum Gasteiger partial charge on any atom is 0.165 e. The molecule has 2 aromatic heterocycles. The molecule has 252 valence electrons. The van der Waals surface area contributed by atoms with E-state index in [0.717, 1.165) is 22.4 Å². The van der Waals surface area contributed by atoms with Gasteiger partial charge in [-0.2, -0.15) is 0 Å². The first-order chi connectivity index (χ1) is 26.0. The summed E-state index contributed by atoms with van der Waals surface area (Å²) in [6.45, 7) is 4.74. The van der Waals surface area contributed by atoms with E-state index in [-0.39, 0.29) is 17.4 Å². The van der Waals surface area contributed by atoms with Crippen molar-refractivity contribution in [3.8, 4) is 45.3 Å². The van der Waals surface area contributed by atoms with E-state index in [1.807, 2.05) is 47.7 Å². The third-order valence-corrected chi connectivity index (χ3v) is 12.7. The fourth-order valence-electron chi connectivity index (χ4n) is 8.88. The number of hydrogen-bond donors (Lipinski definition) is 0. The van der Waals surface area contributed by atoms with Crippen LogP contribution in [0.25, 0.3) is 65.5 Å². The number of hydrogen-bond acceptors (Lipinski definition) is 5. The molecule has 2 atom stereocenters. The lowest BCUT2D eigenvalue weighted by molar-refractivity contribution is 0.660. The van der Waals surface area contributed by atoms with Crippen LogP contribution >= 0.6 is 11.3 Å². The number of nitrogens with zero attached hydrogens (tertiary/aromatic N) is 4. The largest absolute Gasteiger partial charge is 0.333 e. The van der Waals surface area contributed by atoms with Crippen LogP contribution in [0.1, 0.15) is 36.5 Å². The standard InChI is InChI=1S/C48H34N4S/c1-48(2)39-22-12-9-19-32(39)35-27-36-33-20-10-13-23-41(33)52(42(36)28-40(35)48)31-25-37-34-21-11-14-24-43(34)53-44(37)38(26-31)47-50-45(29-15-5-3-6-16-29)49-46(51-47)30-17-7-4-8-18-30/h3-28,33,41H,1-2H3. The third-order valence-electron chi connectivity index (χ3n) is 11.4. The van der Waals surface area contributed by atoms with E-state index in [1.54, 1.807) is 0 Å². The number of fused-ring (bicyclic) bond motifs is 9. The number of anilines is 2. The molecular weight excluding hydrogens is 665 g/mol. The first-order valence-corrected chi connectivity index (χ1v) is 19.1. The van der Waals surface area contributed by atoms with Crippen molar-refractivity contribution in [2.75, 3.05) is 4.90 Å². The second kappa shape index (κ2) is 11.4. The Labute approximate surface area is 312 Å². The Morgan fingerprint density at radius 3 is 2.00 bits per heavy atom. The van der Waals surface area contributed by atoms with Gasteiger partial charge in [-0.3, -0.25) is 0 Å². The van der Waals surface area contributed by atoms with Crippen molar-refractivity contribution >= 4 is 42.9 Å². The fourth-order valence-corrected chi connectivity index (χ4v) is 10.1. The van der Waals surface area contributed by atoms with Crippen molar-refractivity contribution in [2.45, 2.75) is 31.2 Å². The van der Waals surface area contributed by atoms with E-state index in [0.29, 0.717) is 17.5 Å². The Kier molecular flexibility index (Phi) is 6.56. The zero-order valence-electron chi connectivity index (χ0n) is 29.4. The van der Waals surface area contributed by atoms with Gasteiger partial charge < -0.3 is 4.90 Å². The summed E-state index contributed by atoms with van der Waals surface area (Å²) >= 11 is 1.81. The van der Waals surface area contributed by atoms with Gasteiger partial charge in [-0.15, -0.1) is 11.3 Å². The monoisotopic (exact) mass is 698 g/mol. The molecule has 0 fully saturated rings. The molecule has 0 N–H and O–H groups in total. The van der Waals surface area contributed by atoms with Crippen LogP contribution in [0.2, 0.25) is 0 Å². The lowest BCUT2D eigenvalue weighted by Crippen LogP contribution is -2.28. The molecule has 8 aromatic rings. The number of rotatable bonds is 4. The van der Waals surface area contributed by atoms with Crippen molar-refractivity contribution in [1.82, 2.24) is 15.0 Å². The van der Waals surface area contributed by atoms with Gasteiger partial charge in [0, 0.05) is 59.6 Å². The molecule has 0 amide bonds. The lowest BCUT2D eigenvalue weighted by atomic mass is 9.81. The third kappa shape index (κ3) is 4.57. The highest BCUT2D eigenvalue weighted by Gasteiger charge is 2.42. The first kappa shape index (κ1) is 30.5. The molecule has 0 saturated carbocycles. The van der Waals surface area contributed by atoms with Gasteiger partial charge in [-0.25, -0.2) is 15.0 Å². The summed E-state index contributed by atoms with van der Waals surface area (Å²) in [5, 5.41) is 2.46. The smallest absolute Gasteiger partial charge is 0.165 e. The Hall–Kier alpha value is -6.17. The lowest BCUT2D eigenvalue weighted by Gasteiger charge is -2.30. The van der Waals surface area contributed by atoms with Crippen LogP contribution in [0.5, 0.6) is 0 Å². The molecule has 2 unspecified atom stereocenters. The van der Waals surface area contributed by atoms with E-state index in [4.69, 9.17) is 15.0 Å². The van der Waals surface area contributed by atoms with Gasteiger partial charge in [0.05, 0.1) is 6.04 Å². The van der Waals surface area contributed by atoms with Gasteiger partial charge in [0.1, 0.15) is 0 Å². The quantitative estimate of drug-likeness (QED) is 0.183. The summed E-state index contributed by atoms with van der Waals surface area (Å²) in [6, 6.07) is 48.0. The highest BCUT2D eigenvalue weighted by molar-refractivity contribution is 7.26. The van der Waals surface area contributed by atoms with E-state index < -0.39 is 0 Å². The second-order valence-electron chi connectivity index (χ2n) is 14.8. The average molecular weight is 699 g/mol. The van der Waals surface area contributed by atoms with Gasteiger partial charge >= 0.3 is 0 Å². The van der Waals surface area contributed by atoms with E-state index in [9.17, 15) is 0 Å². The highest BCUT2D eigenvalue weighted by atomic mass is 32.1. The SMILES string of the molecule is CC1(C)c2ccccc2-c2cc3c(cc21)N(c1cc(-c2nc(-c4ccccc4)nc(-c4ccccc4)n2)c2sc4ccccc4c2c1)C1C=CC=CC31. The van der Waals surface area contributed by atoms with Gasteiger partial charge in [-0.1, -0.05) is 141 Å². The van der Waals surface area contributed by atoms with Crippen molar-refractivity contribution in [3.05, 3.63) is 174 Å². The van der Waals surface area contributed by atoms with Crippen LogP contribution in [0.4, 0.5) is 11.4 Å². The molecule has 0 radical (unpaired) electrons. The van der Waals surface area contributed by atoms with Crippen LogP contribution in [0.15, 0.2) is 158 Å². The summed E-state index contributed by atoms with van der Waals surface area (Å²) in [5.74, 6) is 2.25. The molecule has 5 heteroatoms. The van der Waals surface area contributed by atoms with E-state index in [1.165, 1.54) is 53.7 Å². The first-order valence-electron chi connectivity index (χ1n) is 18.3. The minimum Gasteiger partial charge on any atom is -0.333 e. The van der Waals surface area contributed by atoms with Crippen LogP contribution in [0, 0.1) is 0 Å². The van der Waals surface area contributed by atoms with Crippen molar-refractivity contribution < 1.29 is 0 Å². The van der Waals surface area contributed by atoms with Gasteiger partial charge in [0.15, 0.2) is 17.5 Å². The molecule has 6 aromatic carbocycles. The predicted molar refractivity (Wildman–Crippen MR) is 220 cm³/mol. The predicted octanol–water partition coefficient (Wildman–Crippen LogP) is 12.3. The molecular formula is C48H34N4S. The van der Waals surface area contributed by atoms with Gasteiger partial charge in [0.2, 0.25) is 0 Å². The van der Waals surface area contributed by atoms with Crippen LogP contribution in [0.3, 0.4) is 0 Å². The number of thiophene rings is 1. The maximum atomic E-state index is 5.24. The van der Waals surface area contributed by atoms with Crippen LogP contribution in [-0.4, -0.2) is 21.0 Å². The average Bonchev–Trinajstić information content (AvgIpc) is 3.82. The summed E-state index contributed by atoms with van der Waals surface area (Å²) in [6.07, 6.45) is 9.16. The van der Waals surface area contributed by atoms with Gasteiger partial charge in [0.25, 0.3) is 0 Å². The molecule has 3 heterocycles. The molecule has 0 saturated heterocycles. The topological polar surface area (TPSA) is 41.9 Å². The van der Waals surface area contributed by atoms with Crippen LogP contribution < -0.4 is 4.90 Å². The second-order valence-corrected chi connectivity index (χ2v) is 15.8. The number of benzene rings is 6. The molecule has 2 aliphatic carbocycles. The zero-order valence-corrected chi connectivity index (χ0v) is 30.2. The Balaban J connectivity index is 1.18. The van der Waals surface area contributed by atoms with Crippen LogP contribution in [-0.2, 0) is 5.41 Å². The summed E-state index contributed by atoms with van der Waals surface area (Å²) < 4.78 is 2.43. The summed E-state index contributed by atoms with van der Waals surface area (Å²) in [5.41, 5.74) is 12.1. The minimum atomic E-state index is -0.0999. The molecule has 11 rings (SSSR count). The van der Waals surface area contributed by atoms with E-state index >= 15 is 0 Å². The molecule has 53 heavy (non-hydrogen) atoms. The summed E-state index contributed by atoms with van der Waals surface area (Å²) in [4.78, 5) is 18.1. The molecule has 0 bridgehead atoms. The summed E-state index contributed by atoms with van der Waals surface area (Å²) in [7, 11) is 0. The highest BCUT2D eigenvalue weighted by Crippen LogP contribution is 2.56. The number of allylic oxidation sites excluding steroid dienone is 2. The minimum absolute atomic E-state index is 0.0999. The molecule has 0 spiro atoms. The molecule has 3 aliphatic rings. The Bertz CT molecular complexity index is 2770. The maximum absolute atomic E-state index is 5.24. The number of aromatic nitrogens is 3. The Morgan fingerprint density at radius 2 is 1.23 bits per heavy atom. The van der Waals surface area contributed by atoms with Crippen molar-refractivity contribution in [3.63, 3.8) is 0 Å². The van der Waals surface area contributed by atoms with Crippen molar-refractivity contribution in [2.24, 2.45) is 0 Å². The zero-order chi connectivity index (χ0) is 35.3. The molecule has 1 aliphatic heterocycles. The van der Waals surface area contributed by atoms with Crippen molar-refractivity contribution in [1.29, 1.82) is 0 Å². The Morgan fingerprint density at radius 1 is 0.566 bits per heavy atom. The fraction of sp³-hybridized carbons (Fsp3) is 0.104. The van der Waals surface area contributed by atoms with Gasteiger partial charge in [-0.05, 0) is 58.1 Å². The van der Waals surface area contributed by atoms with E-state index in [2.05, 4.69) is 140 Å². The normalized spacial score (nSPS) is 17.6. The molecule has 4 nitrogen and oxygen atoms in total.